The average molecular weight is 397 g/mol. The molecule has 6 heteroatoms. The molecule has 1 amide bonds. The highest BCUT2D eigenvalue weighted by Crippen LogP contribution is 2.38. The number of carbonyl (C=O) groups excluding carboxylic acids is 1. The van der Waals surface area contributed by atoms with Gasteiger partial charge in [-0.3, -0.25) is 4.79 Å². The molecular weight excluding hydrogens is 380 g/mol. The monoisotopic (exact) mass is 396 g/mol. The van der Waals surface area contributed by atoms with Gasteiger partial charge >= 0.3 is 0 Å². The Morgan fingerprint density at radius 3 is 2.81 bits per heavy atom. The largest absolute Gasteiger partial charge is 0.496 e. The maximum atomic E-state index is 13.2. The first-order valence-electron chi connectivity index (χ1n) is 8.49. The predicted molar refractivity (Wildman–Crippen MR) is 109 cm³/mol. The summed E-state index contributed by atoms with van der Waals surface area (Å²) in [6.07, 6.45) is 0.628. The van der Waals surface area contributed by atoms with Crippen LogP contribution in [-0.4, -0.2) is 23.7 Å². The summed E-state index contributed by atoms with van der Waals surface area (Å²) in [6, 6.07) is 16.5. The van der Waals surface area contributed by atoms with Crippen LogP contribution in [0.4, 0.5) is 0 Å². The Morgan fingerprint density at radius 2 is 2.07 bits per heavy atom. The number of amides is 1. The van der Waals surface area contributed by atoms with Crippen molar-refractivity contribution in [2.45, 2.75) is 12.5 Å². The van der Waals surface area contributed by atoms with E-state index < -0.39 is 0 Å². The zero-order chi connectivity index (χ0) is 18.8. The van der Waals surface area contributed by atoms with E-state index in [1.165, 1.54) is 0 Å². The molecule has 0 saturated heterocycles. The number of hydrogen-bond acceptors (Lipinski definition) is 4. The summed E-state index contributed by atoms with van der Waals surface area (Å²) < 4.78 is 5.53. The van der Waals surface area contributed by atoms with Crippen molar-refractivity contribution in [2.24, 2.45) is 5.10 Å². The molecule has 0 bridgehead atoms. The molecule has 1 aromatic heterocycles. The molecule has 2 heterocycles. The minimum atomic E-state index is -0.234. The first-order chi connectivity index (χ1) is 13.2. The lowest BCUT2D eigenvalue weighted by Gasteiger charge is -2.23. The highest BCUT2D eigenvalue weighted by atomic mass is 35.5. The van der Waals surface area contributed by atoms with Gasteiger partial charge < -0.3 is 4.74 Å². The summed E-state index contributed by atoms with van der Waals surface area (Å²) in [5.41, 5.74) is 3.38. The maximum absolute atomic E-state index is 13.2. The van der Waals surface area contributed by atoms with E-state index >= 15 is 0 Å². The van der Waals surface area contributed by atoms with E-state index in [2.05, 4.69) is 5.10 Å². The topological polar surface area (TPSA) is 41.9 Å². The number of hydrazone groups is 1. The molecule has 0 saturated carbocycles. The van der Waals surface area contributed by atoms with Crippen LogP contribution in [0.15, 0.2) is 70.5 Å². The molecule has 4 nitrogen and oxygen atoms in total. The standard InChI is InChI=1S/C21H17ClN2O2S/c1-26-20-8-3-2-7-17(20)19-12-18(15-9-10-27-13-15)23-24(19)21(25)14-5-4-6-16(22)11-14/h2-11,13,19H,12H2,1H3/t19-/m0/s1. The van der Waals surface area contributed by atoms with Gasteiger partial charge in [0.25, 0.3) is 5.91 Å². The van der Waals surface area contributed by atoms with Crippen LogP contribution in [0.3, 0.4) is 0 Å². The normalized spacial score (nSPS) is 16.3. The molecule has 1 atom stereocenters. The fourth-order valence-electron chi connectivity index (χ4n) is 3.24. The zero-order valence-electron chi connectivity index (χ0n) is 14.6. The van der Waals surface area contributed by atoms with Gasteiger partial charge in [-0.15, -0.1) is 0 Å². The zero-order valence-corrected chi connectivity index (χ0v) is 16.2. The van der Waals surface area contributed by atoms with Crippen molar-refractivity contribution in [1.82, 2.24) is 5.01 Å². The number of hydrogen-bond donors (Lipinski definition) is 0. The third-order valence-electron chi connectivity index (χ3n) is 4.54. The van der Waals surface area contributed by atoms with Gasteiger partial charge in [-0.25, -0.2) is 5.01 Å². The summed E-state index contributed by atoms with van der Waals surface area (Å²) in [6.45, 7) is 0. The average Bonchev–Trinajstić information content (AvgIpc) is 3.37. The van der Waals surface area contributed by atoms with Gasteiger partial charge in [0.1, 0.15) is 5.75 Å². The van der Waals surface area contributed by atoms with Crippen molar-refractivity contribution in [2.75, 3.05) is 7.11 Å². The molecule has 136 valence electrons. The number of para-hydroxylation sites is 1. The molecule has 0 radical (unpaired) electrons. The van der Waals surface area contributed by atoms with E-state index in [0.717, 1.165) is 22.6 Å². The summed E-state index contributed by atoms with van der Waals surface area (Å²) in [5.74, 6) is 0.562. The van der Waals surface area contributed by atoms with Crippen LogP contribution in [0, 0.1) is 0 Å². The van der Waals surface area contributed by atoms with Gasteiger partial charge in [0.15, 0.2) is 0 Å². The van der Waals surface area contributed by atoms with E-state index in [4.69, 9.17) is 16.3 Å². The third kappa shape index (κ3) is 3.48. The van der Waals surface area contributed by atoms with E-state index in [9.17, 15) is 4.79 Å². The molecule has 1 aliphatic rings. The molecule has 0 unspecified atom stereocenters. The Morgan fingerprint density at radius 1 is 1.22 bits per heavy atom. The second-order valence-electron chi connectivity index (χ2n) is 6.18. The molecule has 2 aromatic carbocycles. The Balaban J connectivity index is 1.76. The molecule has 0 spiro atoms. The number of benzene rings is 2. The summed E-state index contributed by atoms with van der Waals surface area (Å²) in [4.78, 5) is 13.2. The molecule has 27 heavy (non-hydrogen) atoms. The van der Waals surface area contributed by atoms with Gasteiger partial charge in [0.2, 0.25) is 0 Å². The van der Waals surface area contributed by atoms with E-state index in [1.807, 2.05) is 41.1 Å². The fourth-order valence-corrected chi connectivity index (χ4v) is 4.09. The van der Waals surface area contributed by atoms with Crippen molar-refractivity contribution >= 4 is 34.6 Å². The smallest absolute Gasteiger partial charge is 0.274 e. The molecule has 0 fully saturated rings. The summed E-state index contributed by atoms with van der Waals surface area (Å²) >= 11 is 7.69. The van der Waals surface area contributed by atoms with Gasteiger partial charge in [-0.05, 0) is 41.1 Å². The Hall–Kier alpha value is -2.63. The summed E-state index contributed by atoms with van der Waals surface area (Å²) in [5, 5.41) is 10.8. The van der Waals surface area contributed by atoms with Crippen LogP contribution >= 0.6 is 22.9 Å². The second-order valence-corrected chi connectivity index (χ2v) is 7.40. The highest BCUT2D eigenvalue weighted by Gasteiger charge is 2.35. The summed E-state index contributed by atoms with van der Waals surface area (Å²) in [7, 11) is 1.64. The van der Waals surface area contributed by atoms with Crippen molar-refractivity contribution in [1.29, 1.82) is 0 Å². The number of halogens is 1. The number of ether oxygens (including phenoxy) is 1. The third-order valence-corrected chi connectivity index (χ3v) is 5.46. The lowest BCUT2D eigenvalue weighted by Crippen LogP contribution is -2.27. The molecular formula is C21H17ClN2O2S. The number of carbonyl (C=O) groups is 1. The van der Waals surface area contributed by atoms with Crippen molar-refractivity contribution in [3.63, 3.8) is 0 Å². The lowest BCUT2D eigenvalue weighted by atomic mass is 9.98. The van der Waals surface area contributed by atoms with Crippen LogP contribution in [-0.2, 0) is 0 Å². The number of nitrogens with zero attached hydrogens (tertiary/aromatic N) is 2. The maximum Gasteiger partial charge on any atom is 0.274 e. The molecule has 3 aromatic rings. The van der Waals surface area contributed by atoms with Crippen LogP contribution in [0.5, 0.6) is 5.75 Å². The predicted octanol–water partition coefficient (Wildman–Crippen LogP) is 5.40. The number of thiophene rings is 1. The van der Waals surface area contributed by atoms with E-state index in [-0.39, 0.29) is 11.9 Å². The highest BCUT2D eigenvalue weighted by molar-refractivity contribution is 7.08. The first-order valence-corrected chi connectivity index (χ1v) is 9.81. The minimum Gasteiger partial charge on any atom is -0.496 e. The quantitative estimate of drug-likeness (QED) is 0.592. The SMILES string of the molecule is COc1ccccc1[C@@H]1CC(c2ccsc2)=NN1C(=O)c1cccc(Cl)c1. The van der Waals surface area contributed by atoms with Gasteiger partial charge in [-0.2, -0.15) is 16.4 Å². The van der Waals surface area contributed by atoms with Crippen molar-refractivity contribution in [3.05, 3.63) is 87.1 Å². The van der Waals surface area contributed by atoms with E-state index in [0.29, 0.717) is 17.0 Å². The van der Waals surface area contributed by atoms with Crippen LogP contribution in [0.1, 0.15) is 33.9 Å². The molecule has 1 aliphatic heterocycles. The number of rotatable bonds is 4. The van der Waals surface area contributed by atoms with Gasteiger partial charge in [-0.1, -0.05) is 35.9 Å². The van der Waals surface area contributed by atoms with Crippen LogP contribution < -0.4 is 4.74 Å². The fraction of sp³-hybridized carbons (Fsp3) is 0.143. The molecule has 0 N–H and O–H groups in total. The van der Waals surface area contributed by atoms with Crippen LogP contribution in [0.25, 0.3) is 0 Å². The number of methoxy groups -OCH3 is 1. The van der Waals surface area contributed by atoms with Crippen LogP contribution in [0.2, 0.25) is 5.02 Å². The molecule has 4 rings (SSSR count). The Bertz CT molecular complexity index is 1000. The molecule has 0 aliphatic carbocycles. The second kappa shape index (κ2) is 7.55. The Kier molecular flexibility index (Phi) is 4.97. The van der Waals surface area contributed by atoms with Crippen molar-refractivity contribution < 1.29 is 9.53 Å². The lowest BCUT2D eigenvalue weighted by molar-refractivity contribution is 0.0709. The van der Waals surface area contributed by atoms with E-state index in [1.54, 1.807) is 47.7 Å². The van der Waals surface area contributed by atoms with Gasteiger partial charge in [0.05, 0.1) is 18.9 Å². The Labute approximate surface area is 166 Å². The van der Waals surface area contributed by atoms with Crippen molar-refractivity contribution in [3.8, 4) is 5.75 Å². The first kappa shape index (κ1) is 17.8. The minimum absolute atomic E-state index is 0.182. The van der Waals surface area contributed by atoms with Gasteiger partial charge in [0, 0.05) is 28.1 Å².